The average Bonchev–Trinajstić information content (AvgIpc) is 2.37. The Kier molecular flexibility index (Phi) is 5.67. The Morgan fingerprint density at radius 3 is 2.33 bits per heavy atom. The monoisotopic (exact) mass is 287 g/mol. The van der Waals surface area contributed by atoms with Gasteiger partial charge in [-0.05, 0) is 5.56 Å². The molecule has 0 N–H and O–H groups in total. The summed E-state index contributed by atoms with van der Waals surface area (Å²) in [5.41, 5.74) is 0.715. The van der Waals surface area contributed by atoms with Crippen molar-refractivity contribution in [1.29, 1.82) is 0 Å². The van der Waals surface area contributed by atoms with Gasteiger partial charge in [0, 0.05) is 6.42 Å². The lowest BCUT2D eigenvalue weighted by atomic mass is 10.0. The summed E-state index contributed by atoms with van der Waals surface area (Å²) >= 11 is 5.26. The third-order valence-electron chi connectivity index (χ3n) is 2.18. The topological polar surface area (TPSA) is 80.6 Å². The van der Waals surface area contributed by atoms with E-state index in [0.717, 1.165) is 0 Å². The largest absolute Gasteiger partial charge is 0.311 e. The molecule has 1 aromatic rings. The van der Waals surface area contributed by atoms with E-state index in [2.05, 4.69) is 4.36 Å². The molecule has 5 nitrogen and oxygen atoms in total. The van der Waals surface area contributed by atoms with Crippen molar-refractivity contribution in [1.82, 2.24) is 0 Å². The highest BCUT2D eigenvalue weighted by Gasteiger charge is 2.24. The average molecular weight is 288 g/mol. The van der Waals surface area contributed by atoms with E-state index in [9.17, 15) is 18.0 Å². The number of carbonyl (C=O) groups is 2. The first kappa shape index (κ1) is 14.5. The molecule has 0 heterocycles. The molecule has 18 heavy (non-hydrogen) atoms. The fraction of sp³-hybridized carbons (Fsp3) is 0.273. The quantitative estimate of drug-likeness (QED) is 0.578. The summed E-state index contributed by atoms with van der Waals surface area (Å²) in [4.78, 5) is 22.8. The highest BCUT2D eigenvalue weighted by Crippen LogP contribution is 2.08. The Hall–Kier alpha value is -1.53. The first-order valence-corrected chi connectivity index (χ1v) is 6.58. The van der Waals surface area contributed by atoms with Crippen LogP contribution in [0.3, 0.4) is 0 Å². The summed E-state index contributed by atoms with van der Waals surface area (Å²) in [6.07, 6.45) is 0.0519. The second kappa shape index (κ2) is 7.03. The molecule has 0 aromatic heterocycles. The molecule has 1 aromatic carbocycles. The number of rotatable bonds is 6. The third-order valence-corrected chi connectivity index (χ3v) is 2.85. The third kappa shape index (κ3) is 4.38. The van der Waals surface area contributed by atoms with Gasteiger partial charge in [0.25, 0.3) is 0 Å². The van der Waals surface area contributed by atoms with E-state index >= 15 is 0 Å². The van der Waals surface area contributed by atoms with Gasteiger partial charge >= 0.3 is 10.5 Å². The van der Waals surface area contributed by atoms with Crippen LogP contribution in [0.1, 0.15) is 5.56 Å². The van der Waals surface area contributed by atoms with E-state index in [1.54, 1.807) is 30.3 Å². The number of carbonyl (C=O) groups excluding carboxylic acids is 2. The zero-order valence-corrected chi connectivity index (χ0v) is 10.8. The van der Waals surface area contributed by atoms with Crippen LogP contribution in [0.25, 0.3) is 0 Å². The Morgan fingerprint density at radius 1 is 1.22 bits per heavy atom. The van der Waals surface area contributed by atoms with Crippen LogP contribution in [0.15, 0.2) is 34.7 Å². The molecule has 96 valence electrons. The Bertz CT molecular complexity index is 560. The Morgan fingerprint density at radius 2 is 1.83 bits per heavy atom. The van der Waals surface area contributed by atoms with Gasteiger partial charge < -0.3 is 0 Å². The number of nitrogens with zero attached hydrogens (tertiary/aromatic N) is 1. The molecule has 0 amide bonds. The molecule has 0 aliphatic heterocycles. The number of Topliss-reactive ketones (excluding diaryl/α,β-unsaturated/α-hetero) is 2. The number of alkyl halides is 1. The summed E-state index contributed by atoms with van der Waals surface area (Å²) in [6.45, 7) is 0. The number of hydrogen-bond donors (Lipinski definition) is 0. The summed E-state index contributed by atoms with van der Waals surface area (Å²) in [6, 6.07) is 7.47. The Labute approximate surface area is 110 Å². The molecular weight excluding hydrogens is 278 g/mol. The zero-order chi connectivity index (χ0) is 13.5. The molecule has 0 bridgehead atoms. The van der Waals surface area contributed by atoms with Crippen LogP contribution < -0.4 is 0 Å². The highest BCUT2D eigenvalue weighted by molar-refractivity contribution is 7.61. The maximum atomic E-state index is 11.6. The van der Waals surface area contributed by atoms with Crippen LogP contribution >= 0.6 is 11.6 Å². The first-order valence-electron chi connectivity index (χ1n) is 5.01. The molecule has 1 unspecified atom stereocenters. The highest BCUT2D eigenvalue weighted by atomic mass is 35.5. The second-order valence-electron chi connectivity index (χ2n) is 3.45. The minimum absolute atomic E-state index is 0.0519. The lowest BCUT2D eigenvalue weighted by Crippen LogP contribution is -2.29. The van der Waals surface area contributed by atoms with Gasteiger partial charge in [0.15, 0.2) is 0 Å². The van der Waals surface area contributed by atoms with Crippen LogP contribution in [-0.2, 0) is 26.5 Å². The molecule has 7 heteroatoms. The van der Waals surface area contributed by atoms with Crippen molar-refractivity contribution < 1.29 is 18.0 Å². The summed E-state index contributed by atoms with van der Waals surface area (Å²) in [5, 5.41) is 0. The molecule has 0 spiro atoms. The maximum Gasteiger partial charge on any atom is 0.311 e. The zero-order valence-electron chi connectivity index (χ0n) is 9.24. The normalized spacial score (nSPS) is 11.6. The standard InChI is InChI=1S/C11H10ClNO4S/c12-7-10(14)11(15)9(13-18(16)17)6-8-4-2-1-3-5-8/h1-5,9H,6-7H2. The lowest BCUT2D eigenvalue weighted by Gasteiger charge is -2.07. The van der Waals surface area contributed by atoms with Gasteiger partial charge in [-0.25, -0.2) is 0 Å². The molecule has 1 rings (SSSR count). The van der Waals surface area contributed by atoms with E-state index in [4.69, 9.17) is 11.6 Å². The van der Waals surface area contributed by atoms with Crippen LogP contribution in [0, 0.1) is 0 Å². The molecule has 1 atom stereocenters. The minimum atomic E-state index is -2.75. The SMILES string of the molecule is O=C(CCl)C(=O)C(Cc1ccccc1)N=S(=O)=O. The lowest BCUT2D eigenvalue weighted by molar-refractivity contribution is -0.135. The predicted molar refractivity (Wildman–Crippen MR) is 66.0 cm³/mol. The van der Waals surface area contributed by atoms with Gasteiger partial charge in [0.2, 0.25) is 11.6 Å². The fourth-order valence-electron chi connectivity index (χ4n) is 1.37. The summed E-state index contributed by atoms with van der Waals surface area (Å²) < 4.78 is 24.3. The number of halogens is 1. The molecule has 0 saturated carbocycles. The summed E-state index contributed by atoms with van der Waals surface area (Å²) in [5.74, 6) is -2.21. The van der Waals surface area contributed by atoms with Crippen molar-refractivity contribution in [2.45, 2.75) is 12.5 Å². The molecule has 0 saturated heterocycles. The van der Waals surface area contributed by atoms with E-state index in [1.165, 1.54) is 0 Å². The molecule has 0 aliphatic carbocycles. The molecule has 0 radical (unpaired) electrons. The van der Waals surface area contributed by atoms with E-state index < -0.39 is 34.0 Å². The van der Waals surface area contributed by atoms with Crippen molar-refractivity contribution in [3.63, 3.8) is 0 Å². The maximum absolute atomic E-state index is 11.6. The van der Waals surface area contributed by atoms with Crippen molar-refractivity contribution in [2.75, 3.05) is 5.88 Å². The van der Waals surface area contributed by atoms with Crippen LogP contribution in [0.5, 0.6) is 0 Å². The molecular formula is C11H10ClNO4S. The van der Waals surface area contributed by atoms with E-state index in [1.807, 2.05) is 0 Å². The first-order chi connectivity index (χ1) is 8.54. The number of ketones is 2. The van der Waals surface area contributed by atoms with Gasteiger partial charge in [0.05, 0.1) is 5.88 Å². The molecule has 0 fully saturated rings. The van der Waals surface area contributed by atoms with Gasteiger partial charge in [0.1, 0.15) is 6.04 Å². The van der Waals surface area contributed by atoms with E-state index in [-0.39, 0.29) is 6.42 Å². The Balaban J connectivity index is 2.97. The van der Waals surface area contributed by atoms with Crippen LogP contribution in [0.2, 0.25) is 0 Å². The minimum Gasteiger partial charge on any atom is -0.289 e. The predicted octanol–water partition coefficient (Wildman–Crippen LogP) is 1.04. The van der Waals surface area contributed by atoms with Gasteiger partial charge in [-0.15, -0.1) is 11.6 Å². The van der Waals surface area contributed by atoms with Crippen molar-refractivity contribution in [2.24, 2.45) is 4.36 Å². The second-order valence-corrected chi connectivity index (χ2v) is 4.36. The number of benzene rings is 1. The van der Waals surface area contributed by atoms with Gasteiger partial charge in [-0.2, -0.15) is 12.8 Å². The van der Waals surface area contributed by atoms with Crippen LogP contribution in [0.4, 0.5) is 0 Å². The van der Waals surface area contributed by atoms with E-state index in [0.29, 0.717) is 5.56 Å². The van der Waals surface area contributed by atoms with Gasteiger partial charge in [-0.3, -0.25) is 9.59 Å². The molecule has 0 aliphatic rings. The van der Waals surface area contributed by atoms with Crippen molar-refractivity contribution in [3.8, 4) is 0 Å². The fourth-order valence-corrected chi connectivity index (χ4v) is 1.88. The van der Waals surface area contributed by atoms with Gasteiger partial charge in [-0.1, -0.05) is 30.3 Å². The van der Waals surface area contributed by atoms with Crippen LogP contribution in [-0.4, -0.2) is 31.9 Å². The smallest absolute Gasteiger partial charge is 0.289 e. The van der Waals surface area contributed by atoms with Crippen molar-refractivity contribution in [3.05, 3.63) is 35.9 Å². The number of hydrogen-bond acceptors (Lipinski definition) is 5. The summed E-state index contributed by atoms with van der Waals surface area (Å²) in [7, 11) is -2.75. The van der Waals surface area contributed by atoms with Crippen molar-refractivity contribution >= 4 is 33.7 Å².